The molecule has 90 valence electrons. The molecule has 0 spiro atoms. The molecule has 2 rings (SSSR count). The molecule has 1 heterocycles. The van der Waals surface area contributed by atoms with Gasteiger partial charge in [-0.2, -0.15) is 0 Å². The molecule has 0 saturated carbocycles. The maximum Gasteiger partial charge on any atom is 0.0567 e. The molecular weight excluding hydrogens is 226 g/mol. The van der Waals surface area contributed by atoms with E-state index in [9.17, 15) is 0 Å². The average Bonchev–Trinajstić information content (AvgIpc) is 2.62. The highest BCUT2D eigenvalue weighted by Crippen LogP contribution is 2.30. The van der Waals surface area contributed by atoms with Crippen LogP contribution in [0, 0.1) is 27.7 Å². The lowest BCUT2D eigenvalue weighted by Gasteiger charge is -2.18. The van der Waals surface area contributed by atoms with E-state index in [2.05, 4.69) is 51.3 Å². The van der Waals surface area contributed by atoms with Crippen LogP contribution in [0.3, 0.4) is 0 Å². The molecule has 1 nitrogen and oxygen atoms in total. The monoisotopic (exact) mass is 245 g/mol. The van der Waals surface area contributed by atoms with Crippen molar-refractivity contribution in [1.29, 1.82) is 0 Å². The van der Waals surface area contributed by atoms with E-state index in [4.69, 9.17) is 5.73 Å². The summed E-state index contributed by atoms with van der Waals surface area (Å²) >= 11 is 1.76. The molecule has 0 fully saturated rings. The van der Waals surface area contributed by atoms with Crippen LogP contribution in [0.1, 0.15) is 38.7 Å². The second-order valence-electron chi connectivity index (χ2n) is 4.72. The zero-order valence-electron chi connectivity index (χ0n) is 10.9. The molecule has 0 aliphatic carbocycles. The molecule has 0 saturated heterocycles. The van der Waals surface area contributed by atoms with Gasteiger partial charge in [0.1, 0.15) is 0 Å². The largest absolute Gasteiger partial charge is 0.320 e. The Morgan fingerprint density at radius 1 is 1.06 bits per heavy atom. The first kappa shape index (κ1) is 12.3. The molecular formula is C15H19NS. The summed E-state index contributed by atoms with van der Waals surface area (Å²) < 4.78 is 0. The van der Waals surface area contributed by atoms with Crippen LogP contribution in [0.5, 0.6) is 0 Å². The van der Waals surface area contributed by atoms with Crippen LogP contribution in [0.2, 0.25) is 0 Å². The van der Waals surface area contributed by atoms with Gasteiger partial charge in [0, 0.05) is 4.88 Å². The molecule has 1 unspecified atom stereocenters. The van der Waals surface area contributed by atoms with E-state index in [-0.39, 0.29) is 6.04 Å². The van der Waals surface area contributed by atoms with Gasteiger partial charge in [-0.05, 0) is 61.4 Å². The van der Waals surface area contributed by atoms with Crippen molar-refractivity contribution in [3.05, 3.63) is 56.3 Å². The van der Waals surface area contributed by atoms with E-state index in [0.717, 1.165) is 0 Å². The standard InChI is InChI=1S/C15H19NS/c1-9-7-10(2)14(11(3)8-9)15(16)13-5-6-17-12(13)4/h5-8,15H,16H2,1-4H3. The van der Waals surface area contributed by atoms with Gasteiger partial charge in [-0.15, -0.1) is 11.3 Å². The maximum absolute atomic E-state index is 6.42. The summed E-state index contributed by atoms with van der Waals surface area (Å²) in [6.07, 6.45) is 0. The first-order chi connectivity index (χ1) is 8.00. The molecule has 0 bridgehead atoms. The molecule has 0 radical (unpaired) electrons. The van der Waals surface area contributed by atoms with Gasteiger partial charge >= 0.3 is 0 Å². The van der Waals surface area contributed by atoms with E-state index in [0.29, 0.717) is 0 Å². The molecule has 1 aromatic heterocycles. The van der Waals surface area contributed by atoms with Gasteiger partial charge in [-0.3, -0.25) is 0 Å². The van der Waals surface area contributed by atoms with Crippen molar-refractivity contribution in [2.24, 2.45) is 5.73 Å². The lowest BCUT2D eigenvalue weighted by Crippen LogP contribution is -2.15. The topological polar surface area (TPSA) is 26.0 Å². The SMILES string of the molecule is Cc1cc(C)c(C(N)c2ccsc2C)c(C)c1. The van der Waals surface area contributed by atoms with Crippen LogP contribution in [-0.4, -0.2) is 0 Å². The second-order valence-corrected chi connectivity index (χ2v) is 5.84. The quantitative estimate of drug-likeness (QED) is 0.849. The first-order valence-electron chi connectivity index (χ1n) is 5.88. The van der Waals surface area contributed by atoms with Crippen LogP contribution in [0.15, 0.2) is 23.6 Å². The lowest BCUT2D eigenvalue weighted by atomic mass is 9.91. The van der Waals surface area contributed by atoms with Crippen LogP contribution in [0.4, 0.5) is 0 Å². The number of rotatable bonds is 2. The number of thiophene rings is 1. The number of hydrogen-bond donors (Lipinski definition) is 1. The third-order valence-electron chi connectivity index (χ3n) is 3.28. The van der Waals surface area contributed by atoms with Gasteiger partial charge in [0.15, 0.2) is 0 Å². The second kappa shape index (κ2) is 4.63. The Balaban J connectivity index is 2.51. The Kier molecular flexibility index (Phi) is 3.36. The molecule has 1 aromatic carbocycles. The Labute approximate surface area is 107 Å². The van der Waals surface area contributed by atoms with Crippen molar-refractivity contribution in [3.8, 4) is 0 Å². The highest BCUT2D eigenvalue weighted by atomic mass is 32.1. The zero-order valence-corrected chi connectivity index (χ0v) is 11.7. The lowest BCUT2D eigenvalue weighted by molar-refractivity contribution is 0.848. The van der Waals surface area contributed by atoms with Gasteiger partial charge in [-0.1, -0.05) is 17.7 Å². The smallest absolute Gasteiger partial charge is 0.0567 e. The fraction of sp³-hybridized carbons (Fsp3) is 0.333. The summed E-state index contributed by atoms with van der Waals surface area (Å²) in [4.78, 5) is 1.32. The van der Waals surface area contributed by atoms with Gasteiger partial charge in [0.25, 0.3) is 0 Å². The third kappa shape index (κ3) is 2.28. The molecule has 1 atom stereocenters. The predicted molar refractivity (Wildman–Crippen MR) is 75.7 cm³/mol. The zero-order chi connectivity index (χ0) is 12.6. The minimum absolute atomic E-state index is 0.00171. The summed E-state index contributed by atoms with van der Waals surface area (Å²) in [6, 6.07) is 6.57. The molecule has 0 aliphatic heterocycles. The van der Waals surface area contributed by atoms with Gasteiger partial charge in [-0.25, -0.2) is 0 Å². The van der Waals surface area contributed by atoms with E-state index < -0.39 is 0 Å². The summed E-state index contributed by atoms with van der Waals surface area (Å²) in [7, 11) is 0. The van der Waals surface area contributed by atoms with Crippen molar-refractivity contribution in [2.75, 3.05) is 0 Å². The van der Waals surface area contributed by atoms with Crippen LogP contribution in [0.25, 0.3) is 0 Å². The molecule has 17 heavy (non-hydrogen) atoms. The molecule has 2 heteroatoms. The van der Waals surface area contributed by atoms with E-state index in [1.54, 1.807) is 11.3 Å². The number of benzene rings is 1. The maximum atomic E-state index is 6.42. The van der Waals surface area contributed by atoms with Crippen molar-refractivity contribution in [3.63, 3.8) is 0 Å². The Bertz CT molecular complexity index is 517. The Morgan fingerprint density at radius 2 is 1.65 bits per heavy atom. The minimum atomic E-state index is 0.00171. The number of nitrogens with two attached hydrogens (primary N) is 1. The van der Waals surface area contributed by atoms with Crippen LogP contribution < -0.4 is 5.73 Å². The van der Waals surface area contributed by atoms with Gasteiger partial charge in [0.05, 0.1) is 6.04 Å². The Hall–Kier alpha value is -1.12. The predicted octanol–water partition coefficient (Wildman–Crippen LogP) is 4.03. The molecule has 0 aliphatic rings. The van der Waals surface area contributed by atoms with Crippen LogP contribution >= 0.6 is 11.3 Å². The van der Waals surface area contributed by atoms with Crippen molar-refractivity contribution in [2.45, 2.75) is 33.7 Å². The average molecular weight is 245 g/mol. The third-order valence-corrected chi connectivity index (χ3v) is 4.14. The highest BCUT2D eigenvalue weighted by Gasteiger charge is 2.16. The van der Waals surface area contributed by atoms with E-state index >= 15 is 0 Å². The normalized spacial score (nSPS) is 12.8. The number of hydrogen-bond acceptors (Lipinski definition) is 2. The van der Waals surface area contributed by atoms with Crippen LogP contribution in [-0.2, 0) is 0 Å². The fourth-order valence-corrected chi connectivity index (χ4v) is 3.30. The van der Waals surface area contributed by atoms with E-state index in [1.165, 1.54) is 32.7 Å². The fourth-order valence-electron chi connectivity index (χ4n) is 2.55. The van der Waals surface area contributed by atoms with Crippen molar-refractivity contribution in [1.82, 2.24) is 0 Å². The van der Waals surface area contributed by atoms with Gasteiger partial charge < -0.3 is 5.73 Å². The summed E-state index contributed by atoms with van der Waals surface area (Å²) in [5.41, 5.74) is 12.8. The molecule has 2 aromatic rings. The summed E-state index contributed by atoms with van der Waals surface area (Å²) in [5.74, 6) is 0. The molecule has 2 N–H and O–H groups in total. The number of aryl methyl sites for hydroxylation is 4. The van der Waals surface area contributed by atoms with Gasteiger partial charge in [0.2, 0.25) is 0 Å². The molecule has 0 amide bonds. The Morgan fingerprint density at radius 3 is 2.12 bits per heavy atom. The van der Waals surface area contributed by atoms with Crippen molar-refractivity contribution < 1.29 is 0 Å². The first-order valence-corrected chi connectivity index (χ1v) is 6.76. The minimum Gasteiger partial charge on any atom is -0.320 e. The van der Waals surface area contributed by atoms with Crippen molar-refractivity contribution >= 4 is 11.3 Å². The van der Waals surface area contributed by atoms with E-state index in [1.807, 2.05) is 0 Å². The highest BCUT2D eigenvalue weighted by molar-refractivity contribution is 7.10. The summed E-state index contributed by atoms with van der Waals surface area (Å²) in [6.45, 7) is 8.57. The summed E-state index contributed by atoms with van der Waals surface area (Å²) in [5, 5.41) is 2.11.